The highest BCUT2D eigenvalue weighted by atomic mass is 16.1. The Labute approximate surface area is 92.9 Å². The number of pyridine rings is 1. The summed E-state index contributed by atoms with van der Waals surface area (Å²) in [4.78, 5) is 19.5. The first-order chi connectivity index (χ1) is 7.70. The number of nitrogens with two attached hydrogens (primary N) is 1. The van der Waals surface area contributed by atoms with Crippen LogP contribution in [-0.4, -0.2) is 20.4 Å². The van der Waals surface area contributed by atoms with E-state index in [1.807, 2.05) is 18.2 Å². The molecule has 2 rings (SSSR count). The molecular formula is C11H12N4O. The second-order valence-electron chi connectivity index (χ2n) is 3.45. The quantitative estimate of drug-likeness (QED) is 0.831. The number of aromatic nitrogens is 3. The summed E-state index contributed by atoms with van der Waals surface area (Å²) in [5.41, 5.74) is 5.99. The zero-order valence-electron chi connectivity index (χ0n) is 8.87. The maximum atomic E-state index is 11.1. The van der Waals surface area contributed by atoms with Crippen LogP contribution in [-0.2, 0) is 4.79 Å². The Morgan fingerprint density at radius 2 is 2.19 bits per heavy atom. The lowest BCUT2D eigenvalue weighted by molar-refractivity contribution is -0.120. The van der Waals surface area contributed by atoms with Crippen molar-refractivity contribution in [1.29, 1.82) is 0 Å². The first kappa shape index (κ1) is 10.4. The predicted octanol–water partition coefficient (Wildman–Crippen LogP) is 0.991. The van der Waals surface area contributed by atoms with Gasteiger partial charge >= 0.3 is 0 Å². The van der Waals surface area contributed by atoms with Crippen molar-refractivity contribution in [1.82, 2.24) is 14.5 Å². The van der Waals surface area contributed by atoms with Crippen molar-refractivity contribution >= 4 is 5.91 Å². The van der Waals surface area contributed by atoms with Crippen molar-refractivity contribution in [3.8, 4) is 11.5 Å². The molecule has 0 radical (unpaired) electrons. The summed E-state index contributed by atoms with van der Waals surface area (Å²) in [6, 6.07) is 5.11. The predicted molar refractivity (Wildman–Crippen MR) is 59.4 cm³/mol. The number of hydrogen-bond acceptors (Lipinski definition) is 3. The molecule has 0 saturated carbocycles. The molecule has 1 amide bonds. The van der Waals surface area contributed by atoms with Gasteiger partial charge in [-0.1, -0.05) is 6.07 Å². The molecule has 0 aliphatic heterocycles. The lowest BCUT2D eigenvalue weighted by atomic mass is 10.3. The Morgan fingerprint density at radius 1 is 1.38 bits per heavy atom. The molecule has 0 aliphatic carbocycles. The molecule has 2 aromatic heterocycles. The van der Waals surface area contributed by atoms with E-state index in [-0.39, 0.29) is 0 Å². The van der Waals surface area contributed by atoms with Crippen LogP contribution < -0.4 is 5.73 Å². The Bertz CT molecular complexity index is 492. The third kappa shape index (κ3) is 1.79. The summed E-state index contributed by atoms with van der Waals surface area (Å²) < 4.78 is 1.71. The van der Waals surface area contributed by atoms with Crippen LogP contribution in [0, 0.1) is 0 Å². The molecule has 1 atom stereocenters. The molecule has 2 heterocycles. The average molecular weight is 216 g/mol. The van der Waals surface area contributed by atoms with Crippen LogP contribution >= 0.6 is 0 Å². The van der Waals surface area contributed by atoms with E-state index in [2.05, 4.69) is 9.97 Å². The van der Waals surface area contributed by atoms with Gasteiger partial charge in [0.05, 0.1) is 0 Å². The van der Waals surface area contributed by atoms with Gasteiger partial charge in [0.2, 0.25) is 5.91 Å². The summed E-state index contributed by atoms with van der Waals surface area (Å²) in [7, 11) is 0. The molecule has 0 aliphatic rings. The van der Waals surface area contributed by atoms with E-state index in [0.717, 1.165) is 5.69 Å². The number of nitrogens with zero attached hydrogens (tertiary/aromatic N) is 3. The van der Waals surface area contributed by atoms with E-state index in [9.17, 15) is 4.79 Å². The Kier molecular flexibility index (Phi) is 2.68. The van der Waals surface area contributed by atoms with Gasteiger partial charge in [0.1, 0.15) is 11.7 Å². The van der Waals surface area contributed by atoms with Crippen LogP contribution in [0.2, 0.25) is 0 Å². The molecule has 0 aromatic carbocycles. The fourth-order valence-electron chi connectivity index (χ4n) is 1.46. The number of carbonyl (C=O) groups excluding carboxylic acids is 1. The van der Waals surface area contributed by atoms with E-state index in [1.54, 1.807) is 30.1 Å². The van der Waals surface area contributed by atoms with Crippen molar-refractivity contribution < 1.29 is 4.79 Å². The normalized spacial score (nSPS) is 12.3. The zero-order chi connectivity index (χ0) is 11.5. The van der Waals surface area contributed by atoms with Gasteiger partial charge in [-0.3, -0.25) is 9.78 Å². The van der Waals surface area contributed by atoms with Crippen LogP contribution in [0.1, 0.15) is 13.0 Å². The van der Waals surface area contributed by atoms with Gasteiger partial charge in [-0.05, 0) is 19.1 Å². The van der Waals surface area contributed by atoms with Gasteiger partial charge in [0.15, 0.2) is 5.82 Å². The second kappa shape index (κ2) is 4.14. The Balaban J connectivity index is 2.44. The fourth-order valence-corrected chi connectivity index (χ4v) is 1.46. The van der Waals surface area contributed by atoms with E-state index in [4.69, 9.17) is 5.73 Å². The average Bonchev–Trinajstić information content (AvgIpc) is 2.77. The molecule has 2 N–H and O–H groups in total. The van der Waals surface area contributed by atoms with E-state index in [1.165, 1.54) is 0 Å². The molecule has 82 valence electrons. The maximum absolute atomic E-state index is 11.1. The number of hydrogen-bond donors (Lipinski definition) is 1. The summed E-state index contributed by atoms with van der Waals surface area (Å²) in [6.07, 6.45) is 5.03. The number of primary amides is 1. The highest BCUT2D eigenvalue weighted by molar-refractivity contribution is 5.78. The number of carbonyl (C=O) groups is 1. The third-order valence-electron chi connectivity index (χ3n) is 2.39. The maximum Gasteiger partial charge on any atom is 0.240 e. The highest BCUT2D eigenvalue weighted by Crippen LogP contribution is 2.18. The minimum Gasteiger partial charge on any atom is -0.368 e. The van der Waals surface area contributed by atoms with Gasteiger partial charge < -0.3 is 10.3 Å². The summed E-state index contributed by atoms with van der Waals surface area (Å²) in [5, 5.41) is 0. The van der Waals surface area contributed by atoms with Gasteiger partial charge in [0.25, 0.3) is 0 Å². The third-order valence-corrected chi connectivity index (χ3v) is 2.39. The van der Waals surface area contributed by atoms with E-state index in [0.29, 0.717) is 5.82 Å². The van der Waals surface area contributed by atoms with Crippen molar-refractivity contribution in [3.05, 3.63) is 36.8 Å². The number of imidazole rings is 1. The standard InChI is InChI=1S/C11H12N4O/c1-8(10(12)16)15-7-6-14-11(15)9-4-2-3-5-13-9/h2-8H,1H3,(H2,12,16). The van der Waals surface area contributed by atoms with Crippen molar-refractivity contribution in [2.45, 2.75) is 13.0 Å². The molecule has 5 heteroatoms. The molecule has 0 spiro atoms. The lowest BCUT2D eigenvalue weighted by Crippen LogP contribution is -2.24. The van der Waals surface area contributed by atoms with Gasteiger partial charge in [-0.25, -0.2) is 4.98 Å². The monoisotopic (exact) mass is 216 g/mol. The number of amides is 1. The Hall–Kier alpha value is -2.17. The smallest absolute Gasteiger partial charge is 0.240 e. The molecule has 1 unspecified atom stereocenters. The fraction of sp³-hybridized carbons (Fsp3) is 0.182. The molecule has 0 bridgehead atoms. The van der Waals surface area contributed by atoms with Crippen LogP contribution in [0.4, 0.5) is 0 Å². The SMILES string of the molecule is CC(C(N)=O)n1ccnc1-c1ccccn1. The van der Waals surface area contributed by atoms with Crippen LogP contribution in [0.3, 0.4) is 0 Å². The molecule has 2 aromatic rings. The summed E-state index contributed by atoms with van der Waals surface area (Å²) in [5.74, 6) is 0.252. The topological polar surface area (TPSA) is 73.8 Å². The molecule has 5 nitrogen and oxygen atoms in total. The highest BCUT2D eigenvalue weighted by Gasteiger charge is 2.16. The van der Waals surface area contributed by atoms with Gasteiger partial charge in [-0.2, -0.15) is 0 Å². The minimum absolute atomic E-state index is 0.393. The first-order valence-corrected chi connectivity index (χ1v) is 4.93. The van der Waals surface area contributed by atoms with Crippen LogP contribution in [0.25, 0.3) is 11.5 Å². The largest absolute Gasteiger partial charge is 0.368 e. The van der Waals surface area contributed by atoms with Crippen LogP contribution in [0.15, 0.2) is 36.8 Å². The zero-order valence-corrected chi connectivity index (χ0v) is 8.87. The lowest BCUT2D eigenvalue weighted by Gasteiger charge is -2.12. The second-order valence-corrected chi connectivity index (χ2v) is 3.45. The van der Waals surface area contributed by atoms with Crippen molar-refractivity contribution in [2.75, 3.05) is 0 Å². The minimum atomic E-state index is -0.431. The summed E-state index contributed by atoms with van der Waals surface area (Å²) in [6.45, 7) is 1.73. The van der Waals surface area contributed by atoms with Crippen molar-refractivity contribution in [3.63, 3.8) is 0 Å². The molecule has 0 saturated heterocycles. The van der Waals surface area contributed by atoms with Gasteiger partial charge in [0, 0.05) is 18.6 Å². The van der Waals surface area contributed by atoms with Crippen molar-refractivity contribution in [2.24, 2.45) is 5.73 Å². The van der Waals surface area contributed by atoms with E-state index >= 15 is 0 Å². The first-order valence-electron chi connectivity index (χ1n) is 4.93. The Morgan fingerprint density at radius 3 is 2.81 bits per heavy atom. The van der Waals surface area contributed by atoms with Crippen LogP contribution in [0.5, 0.6) is 0 Å². The molecule has 0 fully saturated rings. The molecular weight excluding hydrogens is 204 g/mol. The van der Waals surface area contributed by atoms with Gasteiger partial charge in [-0.15, -0.1) is 0 Å². The molecule has 16 heavy (non-hydrogen) atoms. The van der Waals surface area contributed by atoms with E-state index < -0.39 is 11.9 Å². The number of rotatable bonds is 3. The summed E-state index contributed by atoms with van der Waals surface area (Å²) >= 11 is 0.